The highest BCUT2D eigenvalue weighted by Crippen LogP contribution is 2.20. The Bertz CT molecular complexity index is 559. The van der Waals surface area contributed by atoms with E-state index in [0.717, 1.165) is 16.8 Å². The molecule has 1 atom stereocenters. The molecule has 24 heavy (non-hydrogen) atoms. The Morgan fingerprint density at radius 2 is 1.79 bits per heavy atom. The lowest BCUT2D eigenvalue weighted by molar-refractivity contribution is -0.118. The molecule has 6 heteroatoms. The summed E-state index contributed by atoms with van der Waals surface area (Å²) in [7, 11) is 0. The summed E-state index contributed by atoms with van der Waals surface area (Å²) in [5.74, 6) is -0.272. The van der Waals surface area contributed by atoms with Crippen molar-refractivity contribution in [1.82, 2.24) is 5.32 Å². The molecule has 0 saturated carbocycles. The normalized spacial score (nSPS) is 12.4. The number of ether oxygens (including phenoxy) is 1. The number of carbonyl (C=O) groups is 2. The van der Waals surface area contributed by atoms with E-state index in [1.165, 1.54) is 0 Å². The topological polar surface area (TPSA) is 93.5 Å². The van der Waals surface area contributed by atoms with Crippen LogP contribution in [-0.2, 0) is 9.53 Å². The fraction of sp³-hybridized carbons (Fsp3) is 0.556. The molecule has 134 valence electrons. The highest BCUT2D eigenvalue weighted by Gasteiger charge is 2.24. The van der Waals surface area contributed by atoms with Gasteiger partial charge in [0.25, 0.3) is 0 Å². The van der Waals surface area contributed by atoms with Gasteiger partial charge in [-0.3, -0.25) is 4.79 Å². The maximum Gasteiger partial charge on any atom is 0.408 e. The number of carbonyl (C=O) groups excluding carboxylic acids is 2. The fourth-order valence-corrected chi connectivity index (χ4v) is 2.26. The number of hydrogen-bond acceptors (Lipinski definition) is 4. The third kappa shape index (κ3) is 6.58. The van der Waals surface area contributed by atoms with Crippen molar-refractivity contribution in [3.05, 3.63) is 29.3 Å². The summed E-state index contributed by atoms with van der Waals surface area (Å²) >= 11 is 0. The number of alkyl carbamates (subject to hydrolysis) is 1. The first kappa shape index (κ1) is 20.0. The van der Waals surface area contributed by atoms with Crippen LogP contribution in [-0.4, -0.2) is 30.2 Å². The van der Waals surface area contributed by atoms with Crippen molar-refractivity contribution in [2.45, 2.75) is 59.1 Å². The maximum atomic E-state index is 12.6. The predicted octanol–water partition coefficient (Wildman–Crippen LogP) is 2.87. The first-order chi connectivity index (χ1) is 11.1. The van der Waals surface area contributed by atoms with E-state index in [1.807, 2.05) is 32.0 Å². The number of anilines is 1. The Morgan fingerprint density at radius 1 is 1.21 bits per heavy atom. The van der Waals surface area contributed by atoms with Gasteiger partial charge in [0.05, 0.1) is 0 Å². The Hall–Kier alpha value is -2.08. The van der Waals surface area contributed by atoms with E-state index in [1.54, 1.807) is 20.8 Å². The summed E-state index contributed by atoms with van der Waals surface area (Å²) in [6, 6.07) is 5.10. The number of para-hydroxylation sites is 1. The average molecular weight is 335 g/mol. The van der Waals surface area contributed by atoms with Crippen LogP contribution in [0.3, 0.4) is 0 Å². The second kappa shape index (κ2) is 8.68. The second-order valence-electron chi connectivity index (χ2n) is 6.89. The Labute approximate surface area is 144 Å². The lowest BCUT2D eigenvalue weighted by Gasteiger charge is -2.23. The highest BCUT2D eigenvalue weighted by molar-refractivity contribution is 5.97. The van der Waals surface area contributed by atoms with Crippen molar-refractivity contribution in [2.75, 3.05) is 11.9 Å². The number of rotatable bonds is 6. The van der Waals surface area contributed by atoms with Gasteiger partial charge in [0, 0.05) is 5.69 Å². The number of nitrogens with two attached hydrogens (primary N) is 1. The lowest BCUT2D eigenvalue weighted by atomic mass is 10.1. The van der Waals surface area contributed by atoms with Crippen LogP contribution in [0.5, 0.6) is 0 Å². The fourth-order valence-electron chi connectivity index (χ4n) is 2.26. The Balaban J connectivity index is 2.83. The first-order valence-corrected chi connectivity index (χ1v) is 8.20. The molecule has 1 aromatic carbocycles. The summed E-state index contributed by atoms with van der Waals surface area (Å²) in [5.41, 5.74) is 7.63. The molecule has 0 bridgehead atoms. The number of aryl methyl sites for hydroxylation is 2. The first-order valence-electron chi connectivity index (χ1n) is 8.20. The van der Waals surface area contributed by atoms with Gasteiger partial charge in [0.15, 0.2) is 0 Å². The lowest BCUT2D eigenvalue weighted by Crippen LogP contribution is -2.46. The van der Waals surface area contributed by atoms with Gasteiger partial charge >= 0.3 is 6.09 Å². The molecule has 4 N–H and O–H groups in total. The summed E-state index contributed by atoms with van der Waals surface area (Å²) in [6.07, 6.45) is 0.467. The third-order valence-corrected chi connectivity index (χ3v) is 3.43. The molecule has 0 heterocycles. The van der Waals surface area contributed by atoms with E-state index >= 15 is 0 Å². The molecule has 0 spiro atoms. The van der Waals surface area contributed by atoms with E-state index in [0.29, 0.717) is 19.4 Å². The minimum atomic E-state index is -0.692. The Morgan fingerprint density at radius 3 is 2.29 bits per heavy atom. The van der Waals surface area contributed by atoms with Crippen molar-refractivity contribution in [2.24, 2.45) is 5.73 Å². The molecule has 0 fully saturated rings. The molecule has 0 aliphatic carbocycles. The van der Waals surface area contributed by atoms with E-state index in [-0.39, 0.29) is 5.91 Å². The van der Waals surface area contributed by atoms with Crippen LogP contribution in [0.2, 0.25) is 0 Å². The minimum absolute atomic E-state index is 0.272. The van der Waals surface area contributed by atoms with Crippen molar-refractivity contribution < 1.29 is 14.3 Å². The monoisotopic (exact) mass is 335 g/mol. The zero-order valence-corrected chi connectivity index (χ0v) is 15.2. The van der Waals surface area contributed by atoms with Crippen LogP contribution in [0.15, 0.2) is 18.2 Å². The van der Waals surface area contributed by atoms with Crippen LogP contribution < -0.4 is 16.4 Å². The van der Waals surface area contributed by atoms with E-state index in [2.05, 4.69) is 10.6 Å². The largest absolute Gasteiger partial charge is 0.444 e. The molecule has 1 aromatic rings. The molecule has 1 unspecified atom stereocenters. The van der Waals surface area contributed by atoms with E-state index in [9.17, 15) is 9.59 Å². The van der Waals surface area contributed by atoms with Gasteiger partial charge in [-0.1, -0.05) is 18.2 Å². The highest BCUT2D eigenvalue weighted by atomic mass is 16.6. The summed E-state index contributed by atoms with van der Waals surface area (Å²) < 4.78 is 5.23. The zero-order chi connectivity index (χ0) is 18.3. The third-order valence-electron chi connectivity index (χ3n) is 3.43. The van der Waals surface area contributed by atoms with Crippen molar-refractivity contribution in [3.63, 3.8) is 0 Å². The molecule has 6 nitrogen and oxygen atoms in total. The molecule has 0 saturated heterocycles. The second-order valence-corrected chi connectivity index (χ2v) is 6.89. The standard InChI is InChI=1S/C18H29N3O3/c1-12-8-6-9-13(2)15(12)21-16(22)14(10-7-11-19)20-17(23)24-18(3,4)5/h6,8-9,14H,7,10-11,19H2,1-5H3,(H,20,23)(H,21,22). The number of benzene rings is 1. The van der Waals surface area contributed by atoms with Crippen LogP contribution >= 0.6 is 0 Å². The van der Waals surface area contributed by atoms with Gasteiger partial charge in [-0.25, -0.2) is 4.79 Å². The quantitative estimate of drug-likeness (QED) is 0.745. The SMILES string of the molecule is Cc1cccc(C)c1NC(=O)C(CCCN)NC(=O)OC(C)(C)C. The van der Waals surface area contributed by atoms with Crippen LogP contribution in [0.25, 0.3) is 0 Å². The van der Waals surface area contributed by atoms with Crippen LogP contribution in [0.4, 0.5) is 10.5 Å². The number of amides is 2. The molecule has 0 radical (unpaired) electrons. The van der Waals surface area contributed by atoms with Gasteiger partial charge in [-0.2, -0.15) is 0 Å². The number of nitrogens with one attached hydrogen (secondary N) is 2. The molecular formula is C18H29N3O3. The molecule has 2 amide bonds. The smallest absolute Gasteiger partial charge is 0.408 e. The van der Waals surface area contributed by atoms with Crippen molar-refractivity contribution >= 4 is 17.7 Å². The summed E-state index contributed by atoms with van der Waals surface area (Å²) in [5, 5.41) is 5.54. The Kier molecular flexibility index (Phi) is 7.22. The van der Waals surface area contributed by atoms with E-state index in [4.69, 9.17) is 10.5 Å². The van der Waals surface area contributed by atoms with Crippen LogP contribution in [0, 0.1) is 13.8 Å². The maximum absolute atomic E-state index is 12.6. The molecule has 0 aliphatic heterocycles. The molecular weight excluding hydrogens is 306 g/mol. The van der Waals surface area contributed by atoms with Crippen molar-refractivity contribution in [1.29, 1.82) is 0 Å². The summed E-state index contributed by atoms with van der Waals surface area (Å²) in [6.45, 7) is 9.63. The molecule has 0 aliphatic rings. The predicted molar refractivity (Wildman–Crippen MR) is 96.0 cm³/mol. The zero-order valence-electron chi connectivity index (χ0n) is 15.2. The van der Waals surface area contributed by atoms with Crippen LogP contribution in [0.1, 0.15) is 44.7 Å². The number of hydrogen-bond donors (Lipinski definition) is 3. The van der Waals surface area contributed by atoms with Crippen molar-refractivity contribution in [3.8, 4) is 0 Å². The van der Waals surface area contributed by atoms with Gasteiger partial charge in [0.1, 0.15) is 11.6 Å². The van der Waals surface area contributed by atoms with Gasteiger partial charge in [-0.15, -0.1) is 0 Å². The van der Waals surface area contributed by atoms with Gasteiger partial charge < -0.3 is 21.1 Å². The van der Waals surface area contributed by atoms with E-state index < -0.39 is 17.7 Å². The molecule has 0 aromatic heterocycles. The molecule has 1 rings (SSSR count). The van der Waals surface area contributed by atoms with Gasteiger partial charge in [0.2, 0.25) is 5.91 Å². The van der Waals surface area contributed by atoms with Gasteiger partial charge in [-0.05, 0) is 65.1 Å². The minimum Gasteiger partial charge on any atom is -0.444 e. The average Bonchev–Trinajstić information content (AvgIpc) is 2.45. The summed E-state index contributed by atoms with van der Waals surface area (Å²) in [4.78, 5) is 24.6.